The van der Waals surface area contributed by atoms with Crippen LogP contribution in [-0.4, -0.2) is 22.6 Å². The van der Waals surface area contributed by atoms with Crippen molar-refractivity contribution in [2.45, 2.75) is 19.3 Å². The van der Waals surface area contributed by atoms with Crippen molar-refractivity contribution in [3.8, 4) is 5.75 Å². The molecule has 0 saturated heterocycles. The minimum absolute atomic E-state index is 0.00474. The lowest BCUT2D eigenvalue weighted by atomic mass is 10.1. The Bertz CT molecular complexity index is 813. The van der Waals surface area contributed by atoms with Crippen LogP contribution in [0, 0.1) is 11.7 Å². The highest BCUT2D eigenvalue weighted by molar-refractivity contribution is 5.99. The molecule has 0 aliphatic heterocycles. The van der Waals surface area contributed by atoms with Crippen LogP contribution in [0.1, 0.15) is 35.2 Å². The fourth-order valence-electron chi connectivity index (χ4n) is 2.19. The number of rotatable bonds is 7. The molecular weight excluding hydrogens is 351 g/mol. The van der Waals surface area contributed by atoms with Gasteiger partial charge in [0.15, 0.2) is 11.6 Å². The Morgan fingerprint density at radius 1 is 1.35 bits per heavy atom. The summed E-state index contributed by atoms with van der Waals surface area (Å²) in [5, 5.41) is 12.4. The molecule has 0 atom stereocenters. The van der Waals surface area contributed by atoms with Crippen LogP contribution in [0.3, 0.4) is 0 Å². The predicted octanol–water partition coefficient (Wildman–Crippen LogP) is 3.68. The Morgan fingerprint density at radius 2 is 2.12 bits per heavy atom. The van der Waals surface area contributed by atoms with Crippen LogP contribution >= 0.6 is 0 Å². The molecule has 1 aromatic carbocycles. The van der Waals surface area contributed by atoms with Crippen LogP contribution in [0.5, 0.6) is 5.75 Å². The number of hydrogen-bond acceptors (Lipinski definition) is 5. The summed E-state index contributed by atoms with van der Waals surface area (Å²) in [7, 11) is 0. The molecule has 9 heteroatoms. The average molecular weight is 367 g/mol. The van der Waals surface area contributed by atoms with E-state index >= 15 is 0 Å². The third-order valence-corrected chi connectivity index (χ3v) is 3.80. The molecule has 0 radical (unpaired) electrons. The number of pyridine rings is 1. The second-order valence-corrected chi connectivity index (χ2v) is 5.94. The van der Waals surface area contributed by atoms with Gasteiger partial charge in [0.2, 0.25) is 0 Å². The quantitative estimate of drug-likeness (QED) is 0.650. The first-order chi connectivity index (χ1) is 12.4. The van der Waals surface area contributed by atoms with Gasteiger partial charge in [0.1, 0.15) is 5.82 Å². The Morgan fingerprint density at radius 3 is 2.77 bits per heavy atom. The van der Waals surface area contributed by atoms with Gasteiger partial charge < -0.3 is 10.4 Å². The first-order valence-electron chi connectivity index (χ1n) is 7.90. The molecule has 6 nitrogen and oxygen atoms in total. The Balaban J connectivity index is 1.77. The molecule has 0 unspecified atom stereocenters. The van der Waals surface area contributed by atoms with Crippen molar-refractivity contribution in [1.82, 2.24) is 10.5 Å². The van der Waals surface area contributed by atoms with Gasteiger partial charge in [-0.3, -0.25) is 9.63 Å². The zero-order valence-electron chi connectivity index (χ0n) is 13.5. The molecule has 1 heterocycles. The number of carbonyl (C=O) groups is 1. The second-order valence-electron chi connectivity index (χ2n) is 5.94. The topological polar surface area (TPSA) is 83.5 Å². The number of alkyl halides is 2. The van der Waals surface area contributed by atoms with Crippen molar-refractivity contribution >= 4 is 17.4 Å². The van der Waals surface area contributed by atoms with Gasteiger partial charge in [-0.15, -0.1) is 0 Å². The summed E-state index contributed by atoms with van der Waals surface area (Å²) in [6.45, 7) is 0.396. The van der Waals surface area contributed by atoms with Crippen LogP contribution in [0.4, 0.5) is 24.7 Å². The maximum Gasteiger partial charge on any atom is 0.276 e. The van der Waals surface area contributed by atoms with Gasteiger partial charge in [-0.25, -0.2) is 23.6 Å². The van der Waals surface area contributed by atoms with E-state index in [1.807, 2.05) is 0 Å². The van der Waals surface area contributed by atoms with Crippen LogP contribution in [-0.2, 0) is 4.84 Å². The Labute approximate surface area is 147 Å². The molecule has 1 aliphatic rings. The van der Waals surface area contributed by atoms with Crippen molar-refractivity contribution in [3.05, 3.63) is 47.4 Å². The average Bonchev–Trinajstić information content (AvgIpc) is 3.41. The minimum Gasteiger partial charge on any atom is -0.504 e. The van der Waals surface area contributed by atoms with Gasteiger partial charge in [-0.05, 0) is 43.0 Å². The molecule has 3 N–H and O–H groups in total. The third kappa shape index (κ3) is 4.42. The standard InChI is InChI=1S/C17H16F3N3O3/c18-11-3-4-12(17(25)23-26-8-9-1-2-9)13(6-11)22-16-14(24)5-10(7-21-16)15(19)20/h3-7,9,15,24H,1-2,8H2,(H,21,22)(H,23,25). The normalized spacial score (nSPS) is 13.7. The van der Waals surface area contributed by atoms with Gasteiger partial charge >= 0.3 is 0 Å². The number of anilines is 2. The molecule has 26 heavy (non-hydrogen) atoms. The zero-order chi connectivity index (χ0) is 18.7. The minimum atomic E-state index is -2.79. The monoisotopic (exact) mass is 367 g/mol. The van der Waals surface area contributed by atoms with Crippen molar-refractivity contribution in [1.29, 1.82) is 0 Å². The maximum absolute atomic E-state index is 13.6. The fraction of sp³-hybridized carbons (Fsp3) is 0.294. The van der Waals surface area contributed by atoms with Crippen molar-refractivity contribution in [3.63, 3.8) is 0 Å². The van der Waals surface area contributed by atoms with Gasteiger partial charge in [-0.2, -0.15) is 0 Å². The molecule has 3 rings (SSSR count). The van der Waals surface area contributed by atoms with E-state index in [1.54, 1.807) is 0 Å². The lowest BCUT2D eigenvalue weighted by molar-refractivity contribution is 0.0271. The summed E-state index contributed by atoms with van der Waals surface area (Å²) in [5.41, 5.74) is 1.86. The number of carbonyl (C=O) groups excluding carboxylic acids is 1. The molecule has 1 amide bonds. The smallest absolute Gasteiger partial charge is 0.276 e. The molecule has 1 aliphatic carbocycles. The van der Waals surface area contributed by atoms with Gasteiger partial charge in [-0.1, -0.05) is 0 Å². The number of aromatic nitrogens is 1. The molecule has 1 fully saturated rings. The predicted molar refractivity (Wildman–Crippen MR) is 86.7 cm³/mol. The Hall–Kier alpha value is -2.81. The van der Waals surface area contributed by atoms with Crippen molar-refractivity contribution in [2.75, 3.05) is 11.9 Å². The third-order valence-electron chi connectivity index (χ3n) is 3.80. The zero-order valence-corrected chi connectivity index (χ0v) is 13.5. The summed E-state index contributed by atoms with van der Waals surface area (Å²) < 4.78 is 38.8. The summed E-state index contributed by atoms with van der Waals surface area (Å²) in [5.74, 6) is -1.55. The largest absolute Gasteiger partial charge is 0.504 e. The summed E-state index contributed by atoms with van der Waals surface area (Å²) in [6.07, 6.45) is 0.198. The number of hydroxylamine groups is 1. The van der Waals surface area contributed by atoms with Gasteiger partial charge in [0.25, 0.3) is 12.3 Å². The highest BCUT2D eigenvalue weighted by Crippen LogP contribution is 2.31. The van der Waals surface area contributed by atoms with Gasteiger partial charge in [0, 0.05) is 11.8 Å². The van der Waals surface area contributed by atoms with Gasteiger partial charge in [0.05, 0.1) is 17.9 Å². The highest BCUT2D eigenvalue weighted by atomic mass is 19.3. The SMILES string of the molecule is O=C(NOCC1CC1)c1ccc(F)cc1Nc1ncc(C(F)F)cc1O. The number of nitrogens with zero attached hydrogens (tertiary/aromatic N) is 1. The number of nitrogens with one attached hydrogen (secondary N) is 2. The summed E-state index contributed by atoms with van der Waals surface area (Å²) in [4.78, 5) is 21.0. The molecule has 1 saturated carbocycles. The number of amides is 1. The number of aromatic hydroxyl groups is 1. The van der Waals surface area contributed by atoms with Crippen LogP contribution in [0.2, 0.25) is 0 Å². The van der Waals surface area contributed by atoms with Crippen molar-refractivity contribution in [2.24, 2.45) is 5.92 Å². The molecule has 0 spiro atoms. The maximum atomic E-state index is 13.6. The van der Waals surface area contributed by atoms with E-state index in [0.29, 0.717) is 12.5 Å². The first-order valence-corrected chi connectivity index (χ1v) is 7.90. The lowest BCUT2D eigenvalue weighted by Crippen LogP contribution is -2.25. The second kappa shape index (κ2) is 7.61. The lowest BCUT2D eigenvalue weighted by Gasteiger charge is -2.13. The van der Waals surface area contributed by atoms with E-state index in [1.165, 1.54) is 6.07 Å². The number of halogens is 3. The highest BCUT2D eigenvalue weighted by Gasteiger charge is 2.22. The van der Waals surface area contributed by atoms with E-state index in [2.05, 4.69) is 15.8 Å². The molecular formula is C17H16F3N3O3. The van der Waals surface area contributed by atoms with E-state index in [4.69, 9.17) is 4.84 Å². The number of hydrogen-bond donors (Lipinski definition) is 3. The van der Waals surface area contributed by atoms with Crippen LogP contribution in [0.15, 0.2) is 30.5 Å². The molecule has 138 valence electrons. The summed E-state index contributed by atoms with van der Waals surface area (Å²) in [6, 6.07) is 4.20. The van der Waals surface area contributed by atoms with E-state index < -0.39 is 29.5 Å². The first kappa shape index (κ1) is 18.0. The fourth-order valence-corrected chi connectivity index (χ4v) is 2.19. The molecule has 1 aromatic heterocycles. The van der Waals surface area contributed by atoms with E-state index in [-0.39, 0.29) is 17.1 Å². The molecule has 0 bridgehead atoms. The summed E-state index contributed by atoms with van der Waals surface area (Å²) >= 11 is 0. The van der Waals surface area contributed by atoms with E-state index in [9.17, 15) is 23.1 Å². The van der Waals surface area contributed by atoms with E-state index in [0.717, 1.165) is 37.2 Å². The molecule has 2 aromatic rings. The number of benzene rings is 1. The van der Waals surface area contributed by atoms with Crippen molar-refractivity contribution < 1.29 is 27.9 Å². The Kier molecular flexibility index (Phi) is 5.27. The van der Waals surface area contributed by atoms with Crippen LogP contribution in [0.25, 0.3) is 0 Å². The van der Waals surface area contributed by atoms with Crippen LogP contribution < -0.4 is 10.8 Å².